The number of carbonyl (C=O) groups excluding carboxylic acids is 1. The maximum atomic E-state index is 11.5. The number of rotatable bonds is 2. The van der Waals surface area contributed by atoms with Crippen LogP contribution >= 0.6 is 0 Å². The Balaban J connectivity index is 2.38. The molecule has 14 heavy (non-hydrogen) atoms. The zero-order chi connectivity index (χ0) is 10.9. The van der Waals surface area contributed by atoms with Crippen LogP contribution < -0.4 is 5.73 Å². The van der Waals surface area contributed by atoms with Gasteiger partial charge >= 0.3 is 5.97 Å². The molecule has 1 saturated carbocycles. The predicted molar refractivity (Wildman–Crippen MR) is 52.6 cm³/mol. The van der Waals surface area contributed by atoms with E-state index in [1.165, 1.54) is 0 Å². The lowest BCUT2D eigenvalue weighted by Crippen LogP contribution is -2.48. The van der Waals surface area contributed by atoms with Crippen molar-refractivity contribution < 1.29 is 14.6 Å². The number of nitrogens with two attached hydrogens (primary N) is 1. The third kappa shape index (κ3) is 2.96. The highest BCUT2D eigenvalue weighted by Crippen LogP contribution is 2.30. The highest BCUT2D eigenvalue weighted by atomic mass is 16.6. The van der Waals surface area contributed by atoms with E-state index in [4.69, 9.17) is 15.6 Å². The topological polar surface area (TPSA) is 72.5 Å². The summed E-state index contributed by atoms with van der Waals surface area (Å²) in [5, 5.41) is 9.07. The molecule has 3 N–H and O–H groups in total. The molecular weight excluding hydrogens is 182 g/mol. The number of carbonyl (C=O) groups is 1. The van der Waals surface area contributed by atoms with Gasteiger partial charge in [-0.3, -0.25) is 4.79 Å². The van der Waals surface area contributed by atoms with Crippen molar-refractivity contribution >= 4 is 5.97 Å². The highest BCUT2D eigenvalue weighted by Gasteiger charge is 2.37. The first kappa shape index (κ1) is 11.5. The third-order valence-electron chi connectivity index (χ3n) is 2.34. The third-order valence-corrected chi connectivity index (χ3v) is 2.34. The number of hydrogen-bond donors (Lipinski definition) is 2. The molecule has 0 bridgehead atoms. The normalized spacial score (nSPS) is 29.2. The van der Waals surface area contributed by atoms with E-state index in [-0.39, 0.29) is 18.0 Å². The molecule has 1 fully saturated rings. The van der Waals surface area contributed by atoms with Crippen LogP contribution in [0.15, 0.2) is 0 Å². The minimum atomic E-state index is -0.586. The Bertz CT molecular complexity index is 216. The van der Waals surface area contributed by atoms with Gasteiger partial charge in [0.25, 0.3) is 0 Å². The number of ether oxygens (including phenoxy) is 1. The fourth-order valence-electron chi connectivity index (χ4n) is 1.49. The van der Waals surface area contributed by atoms with E-state index in [2.05, 4.69) is 0 Å². The Morgan fingerprint density at radius 1 is 1.50 bits per heavy atom. The van der Waals surface area contributed by atoms with Gasteiger partial charge in [-0.2, -0.15) is 0 Å². The van der Waals surface area contributed by atoms with Crippen LogP contribution in [0.25, 0.3) is 0 Å². The molecule has 0 heterocycles. The van der Waals surface area contributed by atoms with Crippen LogP contribution in [0.5, 0.6) is 0 Å². The molecule has 0 aromatic carbocycles. The molecule has 0 unspecified atom stereocenters. The van der Waals surface area contributed by atoms with E-state index in [0.29, 0.717) is 12.8 Å². The van der Waals surface area contributed by atoms with Crippen molar-refractivity contribution in [2.45, 2.75) is 51.4 Å². The molecule has 1 rings (SSSR count). The molecule has 4 heteroatoms. The van der Waals surface area contributed by atoms with E-state index < -0.39 is 11.6 Å². The lowest BCUT2D eigenvalue weighted by Gasteiger charge is -2.35. The van der Waals surface area contributed by atoms with Crippen LogP contribution in [0.3, 0.4) is 0 Å². The van der Waals surface area contributed by atoms with Gasteiger partial charge in [0.1, 0.15) is 11.6 Å². The lowest BCUT2D eigenvalue weighted by molar-refractivity contribution is -0.159. The van der Waals surface area contributed by atoms with E-state index in [1.807, 2.05) is 20.8 Å². The monoisotopic (exact) mass is 201 g/mol. The largest absolute Gasteiger partial charge is 0.459 e. The van der Waals surface area contributed by atoms with Crippen LogP contribution in [0, 0.1) is 5.92 Å². The van der Waals surface area contributed by atoms with Crippen molar-refractivity contribution in [3.63, 3.8) is 0 Å². The maximum Gasteiger partial charge on any atom is 0.323 e. The molecule has 0 amide bonds. The minimum Gasteiger partial charge on any atom is -0.459 e. The van der Waals surface area contributed by atoms with Crippen molar-refractivity contribution in [2.24, 2.45) is 11.7 Å². The first-order valence-electron chi connectivity index (χ1n) is 4.96. The van der Waals surface area contributed by atoms with Crippen LogP contribution in [0.1, 0.15) is 33.6 Å². The van der Waals surface area contributed by atoms with Gasteiger partial charge < -0.3 is 15.6 Å². The second-order valence-corrected chi connectivity index (χ2v) is 4.94. The van der Waals surface area contributed by atoms with Gasteiger partial charge in [0.2, 0.25) is 0 Å². The van der Waals surface area contributed by atoms with Gasteiger partial charge in [-0.05, 0) is 39.5 Å². The average Bonchev–Trinajstić information content (AvgIpc) is 1.94. The molecular formula is C10H19NO3. The van der Waals surface area contributed by atoms with E-state index in [1.54, 1.807) is 0 Å². The van der Waals surface area contributed by atoms with Gasteiger partial charge in [-0.1, -0.05) is 0 Å². The van der Waals surface area contributed by atoms with Crippen LogP contribution in [-0.4, -0.2) is 28.8 Å². The van der Waals surface area contributed by atoms with Gasteiger partial charge in [-0.15, -0.1) is 0 Å². The van der Waals surface area contributed by atoms with Crippen LogP contribution in [0.2, 0.25) is 0 Å². The summed E-state index contributed by atoms with van der Waals surface area (Å²) in [6.45, 7) is 5.44. The van der Waals surface area contributed by atoms with Crippen molar-refractivity contribution in [2.75, 3.05) is 0 Å². The van der Waals surface area contributed by atoms with Gasteiger partial charge in [0.05, 0.1) is 6.10 Å². The maximum absolute atomic E-state index is 11.5. The zero-order valence-corrected chi connectivity index (χ0v) is 8.99. The fourth-order valence-corrected chi connectivity index (χ4v) is 1.49. The molecule has 1 aliphatic carbocycles. The van der Waals surface area contributed by atoms with E-state index >= 15 is 0 Å². The van der Waals surface area contributed by atoms with Crippen LogP contribution in [-0.2, 0) is 9.53 Å². The molecule has 0 radical (unpaired) electrons. The first-order valence-corrected chi connectivity index (χ1v) is 4.96. The summed E-state index contributed by atoms with van der Waals surface area (Å²) in [5.74, 6) is -0.283. The molecule has 1 atom stereocenters. The molecule has 82 valence electrons. The quantitative estimate of drug-likeness (QED) is 0.635. The molecule has 0 aromatic rings. The molecule has 0 aliphatic heterocycles. The van der Waals surface area contributed by atoms with E-state index in [0.717, 1.165) is 0 Å². The summed E-state index contributed by atoms with van der Waals surface area (Å²) in [5.41, 5.74) is 5.22. The van der Waals surface area contributed by atoms with Crippen molar-refractivity contribution in [1.82, 2.24) is 0 Å². The Morgan fingerprint density at radius 2 is 2.00 bits per heavy atom. The van der Waals surface area contributed by atoms with E-state index in [9.17, 15) is 4.79 Å². The predicted octanol–water partition coefficient (Wildman–Crippen LogP) is 0.426. The second kappa shape index (κ2) is 3.87. The Morgan fingerprint density at radius 3 is 2.36 bits per heavy atom. The number of aliphatic hydroxyl groups excluding tert-OH is 1. The fraction of sp³-hybridized carbons (Fsp3) is 0.900. The van der Waals surface area contributed by atoms with Crippen LogP contribution in [0.4, 0.5) is 0 Å². The van der Waals surface area contributed by atoms with Crippen molar-refractivity contribution in [3.8, 4) is 0 Å². The molecule has 4 nitrogen and oxygen atoms in total. The summed E-state index contributed by atoms with van der Waals surface area (Å²) >= 11 is 0. The highest BCUT2D eigenvalue weighted by molar-refractivity contribution is 5.76. The molecule has 0 aromatic heterocycles. The Labute approximate surface area is 84.4 Å². The second-order valence-electron chi connectivity index (χ2n) is 4.94. The zero-order valence-electron chi connectivity index (χ0n) is 8.99. The summed E-state index contributed by atoms with van der Waals surface area (Å²) in [4.78, 5) is 11.5. The summed E-state index contributed by atoms with van der Waals surface area (Å²) in [6, 6.07) is -0.586. The number of esters is 1. The van der Waals surface area contributed by atoms with Gasteiger partial charge in [-0.25, -0.2) is 0 Å². The Hall–Kier alpha value is -0.610. The van der Waals surface area contributed by atoms with Crippen molar-refractivity contribution in [3.05, 3.63) is 0 Å². The average molecular weight is 201 g/mol. The summed E-state index contributed by atoms with van der Waals surface area (Å²) in [7, 11) is 0. The van der Waals surface area contributed by atoms with Gasteiger partial charge in [0.15, 0.2) is 0 Å². The lowest BCUT2D eigenvalue weighted by atomic mass is 9.77. The van der Waals surface area contributed by atoms with Crippen molar-refractivity contribution in [1.29, 1.82) is 0 Å². The smallest absolute Gasteiger partial charge is 0.323 e. The molecule has 0 saturated heterocycles. The standard InChI is InChI=1S/C10H19NO3/c1-10(2,3)14-9(13)8(11)6-4-7(12)5-6/h6-8,12H,4-5,11H2,1-3H3/t6?,7?,8-/m1/s1. The SMILES string of the molecule is CC(C)(C)OC(=O)[C@H](N)C1CC(O)C1. The Kier molecular flexibility index (Phi) is 3.17. The molecule has 1 aliphatic rings. The number of aliphatic hydroxyl groups is 1. The first-order chi connectivity index (χ1) is 6.29. The number of hydrogen-bond acceptors (Lipinski definition) is 4. The van der Waals surface area contributed by atoms with Gasteiger partial charge in [0, 0.05) is 0 Å². The minimum absolute atomic E-state index is 0.0832. The molecule has 0 spiro atoms. The summed E-state index contributed by atoms with van der Waals surface area (Å²) < 4.78 is 5.15. The summed E-state index contributed by atoms with van der Waals surface area (Å²) in [6.07, 6.45) is 0.939.